The number of hydrogen-bond donors (Lipinski definition) is 1. The number of piperidine rings is 1. The van der Waals surface area contributed by atoms with E-state index in [9.17, 15) is 14.0 Å². The third kappa shape index (κ3) is 4.35. The summed E-state index contributed by atoms with van der Waals surface area (Å²) in [5.41, 5.74) is 0.774. The van der Waals surface area contributed by atoms with Crippen LogP contribution in [0.25, 0.3) is 6.08 Å². The largest absolute Gasteiger partial charge is 0.459 e. The Kier molecular flexibility index (Phi) is 5.28. The first-order valence-electron chi connectivity index (χ1n) is 8.25. The molecule has 2 amide bonds. The minimum Gasteiger partial charge on any atom is -0.459 e. The first-order chi connectivity index (χ1) is 12.1. The number of hydrogen-bond acceptors (Lipinski definition) is 3. The van der Waals surface area contributed by atoms with Gasteiger partial charge in [-0.15, -0.1) is 0 Å². The maximum atomic E-state index is 13.1. The molecule has 1 fully saturated rings. The molecule has 25 heavy (non-hydrogen) atoms. The van der Waals surface area contributed by atoms with Crippen molar-refractivity contribution in [2.75, 3.05) is 13.1 Å². The predicted octanol–water partition coefficient (Wildman–Crippen LogP) is 3.20. The zero-order valence-electron chi connectivity index (χ0n) is 13.7. The maximum absolute atomic E-state index is 13.1. The summed E-state index contributed by atoms with van der Waals surface area (Å²) in [6.07, 6.45) is 5.94. The van der Waals surface area contributed by atoms with Crippen LogP contribution in [0, 0.1) is 5.82 Å². The van der Waals surface area contributed by atoms with E-state index in [4.69, 9.17) is 4.42 Å². The fourth-order valence-corrected chi connectivity index (χ4v) is 2.74. The van der Waals surface area contributed by atoms with Gasteiger partial charge in [0.2, 0.25) is 0 Å². The van der Waals surface area contributed by atoms with Crippen molar-refractivity contribution < 1.29 is 18.4 Å². The summed E-state index contributed by atoms with van der Waals surface area (Å²) in [4.78, 5) is 26.8. The van der Waals surface area contributed by atoms with Gasteiger partial charge in [-0.05, 0) is 55.2 Å². The summed E-state index contributed by atoms with van der Waals surface area (Å²) < 4.78 is 18.2. The van der Waals surface area contributed by atoms with Crippen molar-refractivity contribution in [3.05, 3.63) is 65.5 Å². The lowest BCUT2D eigenvalue weighted by atomic mass is 10.1. The molecule has 130 valence electrons. The highest BCUT2D eigenvalue weighted by molar-refractivity contribution is 6.04. The average Bonchev–Trinajstić information content (AvgIpc) is 3.18. The lowest BCUT2D eigenvalue weighted by Crippen LogP contribution is -2.41. The van der Waals surface area contributed by atoms with Crippen LogP contribution in [0.1, 0.15) is 35.4 Å². The molecule has 2 heterocycles. The molecule has 6 heteroatoms. The lowest BCUT2D eigenvalue weighted by Gasteiger charge is -2.27. The average molecular weight is 342 g/mol. The zero-order chi connectivity index (χ0) is 17.6. The highest BCUT2D eigenvalue weighted by Crippen LogP contribution is 2.15. The normalized spacial score (nSPS) is 15.1. The highest BCUT2D eigenvalue weighted by atomic mass is 19.1. The third-order valence-corrected chi connectivity index (χ3v) is 4.05. The van der Waals surface area contributed by atoms with Crippen LogP contribution in [0.15, 0.2) is 52.8 Å². The molecule has 0 saturated carbocycles. The summed E-state index contributed by atoms with van der Waals surface area (Å²) in [6, 6.07) is 8.85. The van der Waals surface area contributed by atoms with Gasteiger partial charge in [-0.25, -0.2) is 4.39 Å². The van der Waals surface area contributed by atoms with E-state index in [2.05, 4.69) is 5.32 Å². The van der Waals surface area contributed by atoms with Crippen LogP contribution in [-0.4, -0.2) is 29.8 Å². The Morgan fingerprint density at radius 3 is 2.44 bits per heavy atom. The molecule has 1 N–H and O–H groups in total. The maximum Gasteiger partial charge on any atom is 0.291 e. The number of carbonyl (C=O) groups is 2. The van der Waals surface area contributed by atoms with Crippen molar-refractivity contribution >= 4 is 17.9 Å². The molecule has 3 rings (SSSR count). The topological polar surface area (TPSA) is 62.6 Å². The molecule has 1 aromatic carbocycles. The van der Waals surface area contributed by atoms with Gasteiger partial charge in [0, 0.05) is 13.1 Å². The Balaban J connectivity index is 1.85. The van der Waals surface area contributed by atoms with Crippen LogP contribution in [0.5, 0.6) is 0 Å². The molecule has 1 aliphatic heterocycles. The summed E-state index contributed by atoms with van der Waals surface area (Å²) in [7, 11) is 0. The fourth-order valence-electron chi connectivity index (χ4n) is 2.74. The van der Waals surface area contributed by atoms with E-state index in [0.717, 1.165) is 19.3 Å². The number of halogens is 1. The molecule has 0 bridgehead atoms. The van der Waals surface area contributed by atoms with Gasteiger partial charge < -0.3 is 14.6 Å². The molecule has 0 aliphatic carbocycles. The molecule has 0 unspecified atom stereocenters. The molecule has 5 nitrogen and oxygen atoms in total. The van der Waals surface area contributed by atoms with Crippen molar-refractivity contribution in [1.82, 2.24) is 10.2 Å². The second-order valence-corrected chi connectivity index (χ2v) is 5.89. The minimum absolute atomic E-state index is 0.122. The number of furan rings is 1. The molecule has 0 atom stereocenters. The summed E-state index contributed by atoms with van der Waals surface area (Å²) >= 11 is 0. The van der Waals surface area contributed by atoms with Crippen molar-refractivity contribution in [1.29, 1.82) is 0 Å². The first-order valence-corrected chi connectivity index (χ1v) is 8.25. The van der Waals surface area contributed by atoms with Crippen LogP contribution >= 0.6 is 0 Å². The molecule has 0 spiro atoms. The monoisotopic (exact) mass is 342 g/mol. The first kappa shape index (κ1) is 17.0. The lowest BCUT2D eigenvalue weighted by molar-refractivity contribution is -0.128. The molecule has 1 saturated heterocycles. The molecular weight excluding hydrogens is 323 g/mol. The van der Waals surface area contributed by atoms with Crippen LogP contribution < -0.4 is 5.32 Å². The molecule has 1 aliphatic rings. The van der Waals surface area contributed by atoms with E-state index in [1.165, 1.54) is 24.5 Å². The van der Waals surface area contributed by atoms with Crippen molar-refractivity contribution in [2.45, 2.75) is 19.3 Å². The van der Waals surface area contributed by atoms with Gasteiger partial charge in [0.1, 0.15) is 11.5 Å². The molecule has 2 aromatic rings. The number of nitrogens with one attached hydrogen (secondary N) is 1. The number of likely N-dealkylation sites (tertiary alicyclic amines) is 1. The van der Waals surface area contributed by atoms with Crippen molar-refractivity contribution in [3.8, 4) is 0 Å². The molecule has 0 radical (unpaired) electrons. The third-order valence-electron chi connectivity index (χ3n) is 4.05. The highest BCUT2D eigenvalue weighted by Gasteiger charge is 2.23. The second kappa shape index (κ2) is 7.79. The van der Waals surface area contributed by atoms with E-state index >= 15 is 0 Å². The number of benzene rings is 1. The van der Waals surface area contributed by atoms with Gasteiger partial charge in [0.05, 0.1) is 6.26 Å². The number of amides is 2. The van der Waals surface area contributed by atoms with Crippen LogP contribution in [0.2, 0.25) is 0 Å². The Morgan fingerprint density at radius 1 is 1.08 bits per heavy atom. The van der Waals surface area contributed by atoms with Crippen molar-refractivity contribution in [2.24, 2.45) is 0 Å². The van der Waals surface area contributed by atoms with Crippen LogP contribution in [0.4, 0.5) is 4.39 Å². The smallest absolute Gasteiger partial charge is 0.291 e. The van der Waals surface area contributed by atoms with E-state index < -0.39 is 5.91 Å². The Hall–Kier alpha value is -2.89. The molecular formula is C19H19FN2O3. The Morgan fingerprint density at radius 2 is 1.80 bits per heavy atom. The van der Waals surface area contributed by atoms with Gasteiger partial charge in [0.15, 0.2) is 5.76 Å². The van der Waals surface area contributed by atoms with Gasteiger partial charge in [-0.1, -0.05) is 12.1 Å². The SMILES string of the molecule is O=C(N/C(=C/c1ccc(F)cc1)C(=O)N1CCCCC1)c1ccco1. The summed E-state index contributed by atoms with van der Waals surface area (Å²) in [5, 5.41) is 2.62. The second-order valence-electron chi connectivity index (χ2n) is 5.89. The quantitative estimate of drug-likeness (QED) is 0.868. The van der Waals surface area contributed by atoms with Crippen LogP contribution in [0.3, 0.4) is 0 Å². The fraction of sp³-hybridized carbons (Fsp3) is 0.263. The zero-order valence-corrected chi connectivity index (χ0v) is 13.7. The molecule has 1 aromatic heterocycles. The van der Waals surface area contributed by atoms with Gasteiger partial charge >= 0.3 is 0 Å². The standard InChI is InChI=1S/C19H19FN2O3/c20-15-8-6-14(7-9-15)13-16(19(24)22-10-2-1-3-11-22)21-18(23)17-5-4-12-25-17/h4-9,12-13H,1-3,10-11H2,(H,21,23)/b16-13+. The van der Waals surface area contributed by atoms with Crippen LogP contribution in [-0.2, 0) is 4.79 Å². The summed E-state index contributed by atoms with van der Waals surface area (Å²) in [6.45, 7) is 1.33. The van der Waals surface area contributed by atoms with E-state index in [1.54, 1.807) is 29.2 Å². The van der Waals surface area contributed by atoms with Gasteiger partial charge in [0.25, 0.3) is 11.8 Å². The van der Waals surface area contributed by atoms with Gasteiger partial charge in [-0.2, -0.15) is 0 Å². The van der Waals surface area contributed by atoms with E-state index in [0.29, 0.717) is 18.7 Å². The van der Waals surface area contributed by atoms with E-state index in [1.807, 2.05) is 0 Å². The Bertz CT molecular complexity index is 760. The number of carbonyl (C=O) groups excluding carboxylic acids is 2. The minimum atomic E-state index is -0.497. The van der Waals surface area contributed by atoms with Crippen molar-refractivity contribution in [3.63, 3.8) is 0 Å². The number of nitrogens with zero attached hydrogens (tertiary/aromatic N) is 1. The Labute approximate surface area is 145 Å². The predicted molar refractivity (Wildman–Crippen MR) is 91.0 cm³/mol. The number of rotatable bonds is 4. The van der Waals surface area contributed by atoms with E-state index in [-0.39, 0.29) is 23.2 Å². The summed E-state index contributed by atoms with van der Waals surface area (Å²) in [5.74, 6) is -0.982. The van der Waals surface area contributed by atoms with Gasteiger partial charge in [-0.3, -0.25) is 9.59 Å².